The average molecular weight is 413 g/mol. The summed E-state index contributed by atoms with van der Waals surface area (Å²) in [6.45, 7) is 7.49. The molecule has 1 aromatic carbocycles. The SMILES string of the molecule is CCc1ccc(-c2nc3ccc(Br)cn3c2CN2CCCNCC2)cc1. The summed E-state index contributed by atoms with van der Waals surface area (Å²) in [5.41, 5.74) is 5.94. The van der Waals surface area contributed by atoms with Crippen LogP contribution in [0, 0.1) is 0 Å². The fourth-order valence-corrected chi connectivity index (χ4v) is 3.96. The van der Waals surface area contributed by atoms with Crippen molar-refractivity contribution < 1.29 is 0 Å². The first-order valence-corrected chi connectivity index (χ1v) is 10.2. The van der Waals surface area contributed by atoms with E-state index in [1.54, 1.807) is 0 Å². The zero-order valence-corrected chi connectivity index (χ0v) is 16.8. The van der Waals surface area contributed by atoms with Crippen LogP contribution in [0.4, 0.5) is 0 Å². The van der Waals surface area contributed by atoms with Crippen molar-refractivity contribution in [1.82, 2.24) is 19.6 Å². The van der Waals surface area contributed by atoms with Gasteiger partial charge in [0.2, 0.25) is 0 Å². The maximum absolute atomic E-state index is 4.97. The molecule has 0 amide bonds. The molecule has 1 aliphatic rings. The number of fused-ring (bicyclic) bond motifs is 1. The molecular formula is C21H25BrN4. The van der Waals surface area contributed by atoms with E-state index in [1.165, 1.54) is 23.2 Å². The summed E-state index contributed by atoms with van der Waals surface area (Å²) in [5, 5.41) is 3.49. The highest BCUT2D eigenvalue weighted by atomic mass is 79.9. The van der Waals surface area contributed by atoms with Gasteiger partial charge in [-0.2, -0.15) is 0 Å². The van der Waals surface area contributed by atoms with Crippen LogP contribution in [0.5, 0.6) is 0 Å². The van der Waals surface area contributed by atoms with Crippen molar-refractivity contribution in [3.05, 3.63) is 58.3 Å². The number of hydrogen-bond acceptors (Lipinski definition) is 3. The standard InChI is InChI=1S/C21H25BrN4/c1-2-16-4-6-17(7-5-16)21-19(15-25-12-3-10-23-11-13-25)26-14-18(22)8-9-20(26)24-21/h4-9,14,23H,2-3,10-13,15H2,1H3. The maximum atomic E-state index is 4.97. The molecule has 1 saturated heterocycles. The van der Waals surface area contributed by atoms with Crippen LogP contribution >= 0.6 is 15.9 Å². The molecule has 0 radical (unpaired) electrons. The Bertz CT molecular complexity index is 877. The van der Waals surface area contributed by atoms with Gasteiger partial charge in [0.15, 0.2) is 0 Å². The van der Waals surface area contributed by atoms with Crippen LogP contribution in [-0.4, -0.2) is 40.5 Å². The number of halogens is 1. The molecule has 5 heteroatoms. The Kier molecular flexibility index (Phi) is 5.38. The molecule has 1 aliphatic heterocycles. The summed E-state index contributed by atoms with van der Waals surface area (Å²) in [4.78, 5) is 7.50. The minimum Gasteiger partial charge on any atom is -0.315 e. The number of nitrogens with one attached hydrogen (secondary N) is 1. The number of rotatable bonds is 4. The molecule has 4 nitrogen and oxygen atoms in total. The average Bonchev–Trinajstić information content (AvgIpc) is 2.83. The second-order valence-corrected chi connectivity index (χ2v) is 7.83. The van der Waals surface area contributed by atoms with Crippen molar-refractivity contribution in [3.8, 4) is 11.3 Å². The van der Waals surface area contributed by atoms with Crippen molar-refractivity contribution in [2.24, 2.45) is 0 Å². The van der Waals surface area contributed by atoms with Gasteiger partial charge < -0.3 is 9.72 Å². The van der Waals surface area contributed by atoms with Crippen LogP contribution in [-0.2, 0) is 13.0 Å². The van der Waals surface area contributed by atoms with Gasteiger partial charge in [0.25, 0.3) is 0 Å². The predicted octanol–water partition coefficient (Wildman–Crippen LogP) is 4.12. The van der Waals surface area contributed by atoms with Crippen LogP contribution in [0.1, 0.15) is 24.6 Å². The number of nitrogens with zero attached hydrogens (tertiary/aromatic N) is 3. The number of aromatic nitrogens is 2. The van der Waals surface area contributed by atoms with Crippen molar-refractivity contribution in [2.45, 2.75) is 26.3 Å². The Labute approximate surface area is 163 Å². The lowest BCUT2D eigenvalue weighted by molar-refractivity contribution is 0.281. The number of pyridine rings is 1. The van der Waals surface area contributed by atoms with Gasteiger partial charge in [-0.15, -0.1) is 0 Å². The van der Waals surface area contributed by atoms with Gasteiger partial charge >= 0.3 is 0 Å². The van der Waals surface area contributed by atoms with Crippen LogP contribution in [0.3, 0.4) is 0 Å². The molecule has 0 aliphatic carbocycles. The zero-order chi connectivity index (χ0) is 17.9. The van der Waals surface area contributed by atoms with Crippen LogP contribution < -0.4 is 5.32 Å². The van der Waals surface area contributed by atoms with Crippen LogP contribution in [0.2, 0.25) is 0 Å². The zero-order valence-electron chi connectivity index (χ0n) is 15.2. The Morgan fingerprint density at radius 2 is 1.92 bits per heavy atom. The molecule has 26 heavy (non-hydrogen) atoms. The molecule has 0 spiro atoms. The Hall–Kier alpha value is -1.69. The van der Waals surface area contributed by atoms with Gasteiger partial charge in [-0.3, -0.25) is 4.90 Å². The van der Waals surface area contributed by atoms with E-state index in [0.29, 0.717) is 0 Å². The molecule has 0 saturated carbocycles. The van der Waals surface area contributed by atoms with Gasteiger partial charge in [0.1, 0.15) is 5.65 Å². The monoisotopic (exact) mass is 412 g/mol. The lowest BCUT2D eigenvalue weighted by Gasteiger charge is -2.20. The summed E-state index contributed by atoms with van der Waals surface area (Å²) in [7, 11) is 0. The minimum absolute atomic E-state index is 0.921. The summed E-state index contributed by atoms with van der Waals surface area (Å²) in [6, 6.07) is 13.0. The highest BCUT2D eigenvalue weighted by Gasteiger charge is 2.18. The van der Waals surface area contributed by atoms with Crippen molar-refractivity contribution in [2.75, 3.05) is 26.2 Å². The second-order valence-electron chi connectivity index (χ2n) is 6.91. The van der Waals surface area contributed by atoms with Crippen molar-refractivity contribution in [1.29, 1.82) is 0 Å². The van der Waals surface area contributed by atoms with Gasteiger partial charge in [-0.1, -0.05) is 31.2 Å². The molecule has 0 unspecified atom stereocenters. The smallest absolute Gasteiger partial charge is 0.137 e. The fourth-order valence-electron chi connectivity index (χ4n) is 3.62. The largest absolute Gasteiger partial charge is 0.315 e. The predicted molar refractivity (Wildman–Crippen MR) is 110 cm³/mol. The molecule has 1 fully saturated rings. The number of hydrogen-bond donors (Lipinski definition) is 1. The molecule has 0 atom stereocenters. The van der Waals surface area contributed by atoms with E-state index < -0.39 is 0 Å². The number of aryl methyl sites for hydroxylation is 1. The van der Waals surface area contributed by atoms with E-state index in [9.17, 15) is 0 Å². The third kappa shape index (κ3) is 3.70. The molecule has 3 aromatic rings. The number of benzene rings is 1. The molecule has 4 rings (SSSR count). The summed E-state index contributed by atoms with van der Waals surface area (Å²) >= 11 is 3.62. The van der Waals surface area contributed by atoms with E-state index in [1.807, 2.05) is 0 Å². The van der Waals surface area contributed by atoms with E-state index in [2.05, 4.69) is 80.1 Å². The van der Waals surface area contributed by atoms with E-state index in [4.69, 9.17) is 4.98 Å². The van der Waals surface area contributed by atoms with Crippen LogP contribution in [0.15, 0.2) is 47.1 Å². The molecule has 1 N–H and O–H groups in total. The second kappa shape index (κ2) is 7.91. The van der Waals surface area contributed by atoms with E-state index in [0.717, 1.165) is 55.0 Å². The first-order chi connectivity index (χ1) is 12.7. The highest BCUT2D eigenvalue weighted by Crippen LogP contribution is 2.27. The lowest BCUT2D eigenvalue weighted by atomic mass is 10.1. The molecular weight excluding hydrogens is 388 g/mol. The quantitative estimate of drug-likeness (QED) is 0.699. The van der Waals surface area contributed by atoms with Gasteiger partial charge in [-0.25, -0.2) is 4.98 Å². The Morgan fingerprint density at radius 1 is 1.08 bits per heavy atom. The summed E-state index contributed by atoms with van der Waals surface area (Å²) < 4.78 is 3.32. The molecule has 3 heterocycles. The maximum Gasteiger partial charge on any atom is 0.137 e. The topological polar surface area (TPSA) is 32.6 Å². The molecule has 0 bridgehead atoms. The van der Waals surface area contributed by atoms with Gasteiger partial charge in [0.05, 0.1) is 11.4 Å². The molecule has 136 valence electrons. The lowest BCUT2D eigenvalue weighted by Crippen LogP contribution is -2.28. The Morgan fingerprint density at radius 3 is 2.73 bits per heavy atom. The summed E-state index contributed by atoms with van der Waals surface area (Å²) in [5.74, 6) is 0. The highest BCUT2D eigenvalue weighted by molar-refractivity contribution is 9.10. The van der Waals surface area contributed by atoms with Crippen molar-refractivity contribution in [3.63, 3.8) is 0 Å². The first-order valence-electron chi connectivity index (χ1n) is 9.43. The normalized spacial score (nSPS) is 16.1. The van der Waals surface area contributed by atoms with Crippen molar-refractivity contribution >= 4 is 21.6 Å². The minimum atomic E-state index is 0.921. The Balaban J connectivity index is 1.77. The van der Waals surface area contributed by atoms with Gasteiger partial charge in [0, 0.05) is 35.9 Å². The van der Waals surface area contributed by atoms with E-state index >= 15 is 0 Å². The molecule has 2 aromatic heterocycles. The number of imidazole rings is 1. The van der Waals surface area contributed by atoms with Gasteiger partial charge in [-0.05, 0) is 59.6 Å². The summed E-state index contributed by atoms with van der Waals surface area (Å²) in [6.07, 6.45) is 4.39. The van der Waals surface area contributed by atoms with Crippen LogP contribution in [0.25, 0.3) is 16.9 Å². The van der Waals surface area contributed by atoms with E-state index in [-0.39, 0.29) is 0 Å². The third-order valence-electron chi connectivity index (χ3n) is 5.12. The first kappa shape index (κ1) is 17.7. The fraction of sp³-hybridized carbons (Fsp3) is 0.381. The third-order valence-corrected chi connectivity index (χ3v) is 5.59.